The van der Waals surface area contributed by atoms with E-state index in [0.29, 0.717) is 16.4 Å². The molecule has 0 atom stereocenters. The van der Waals surface area contributed by atoms with Crippen LogP contribution in [0.4, 0.5) is 5.69 Å². The minimum absolute atomic E-state index is 0.00872. The molecule has 1 amide bonds. The topological polar surface area (TPSA) is 51.2 Å². The second-order valence-corrected chi connectivity index (χ2v) is 7.43. The second-order valence-electron chi connectivity index (χ2n) is 4.21. The number of carbonyl (C=O) groups is 1. The molecule has 2 rings (SSSR count). The van der Waals surface area contributed by atoms with Gasteiger partial charge in [0.1, 0.15) is 5.69 Å². The molecule has 0 aromatic carbocycles. The maximum Gasteiger partial charge on any atom is 0.265 e. The summed E-state index contributed by atoms with van der Waals surface area (Å²) >= 11 is 8.09. The Balaban J connectivity index is 2.19. The fourth-order valence-electron chi connectivity index (χ4n) is 1.45. The lowest BCUT2D eigenvalue weighted by molar-refractivity contribution is 0.102. The molecule has 7 heteroatoms. The molecule has 0 radical (unpaired) electrons. The van der Waals surface area contributed by atoms with Crippen molar-refractivity contribution in [3.05, 3.63) is 37.5 Å². The Hall–Kier alpha value is -0.920. The Morgan fingerprint density at radius 3 is 2.80 bits per heavy atom. The van der Waals surface area contributed by atoms with E-state index in [0.717, 1.165) is 8.26 Å². The van der Waals surface area contributed by atoms with Crippen molar-refractivity contribution in [2.24, 2.45) is 0 Å². The summed E-state index contributed by atoms with van der Waals surface area (Å²) in [5, 5.41) is 2.82. The Morgan fingerprint density at radius 1 is 1.45 bits per heavy atom. The molecular formula is C13H12Br2N2O2S. The van der Waals surface area contributed by atoms with Crippen LogP contribution in [-0.4, -0.2) is 17.0 Å². The molecule has 2 heterocycles. The lowest BCUT2D eigenvalue weighted by atomic mass is 10.3. The van der Waals surface area contributed by atoms with E-state index >= 15 is 0 Å². The van der Waals surface area contributed by atoms with Crippen molar-refractivity contribution in [2.75, 3.05) is 5.32 Å². The van der Waals surface area contributed by atoms with E-state index in [9.17, 15) is 4.79 Å². The van der Waals surface area contributed by atoms with Gasteiger partial charge in [-0.25, -0.2) is 4.98 Å². The number of anilines is 1. The number of aromatic nitrogens is 1. The zero-order valence-corrected chi connectivity index (χ0v) is 14.8. The van der Waals surface area contributed by atoms with Crippen LogP contribution in [0.25, 0.3) is 0 Å². The van der Waals surface area contributed by atoms with Crippen molar-refractivity contribution >= 4 is 54.8 Å². The largest absolute Gasteiger partial charge is 0.473 e. The Kier molecular flexibility index (Phi) is 5.17. The van der Waals surface area contributed by atoms with Gasteiger partial charge in [-0.05, 0) is 63.9 Å². The minimum Gasteiger partial charge on any atom is -0.473 e. The summed E-state index contributed by atoms with van der Waals surface area (Å²) in [5.41, 5.74) is 0.562. The maximum absolute atomic E-state index is 12.2. The van der Waals surface area contributed by atoms with Gasteiger partial charge in [0.25, 0.3) is 5.91 Å². The van der Waals surface area contributed by atoms with Gasteiger partial charge < -0.3 is 10.1 Å². The molecule has 0 aliphatic rings. The molecule has 2 aromatic heterocycles. The molecule has 0 unspecified atom stereocenters. The number of pyridine rings is 1. The highest BCUT2D eigenvalue weighted by atomic mass is 79.9. The van der Waals surface area contributed by atoms with Gasteiger partial charge in [0.15, 0.2) is 0 Å². The Morgan fingerprint density at radius 2 is 2.20 bits per heavy atom. The first-order chi connectivity index (χ1) is 9.47. The molecule has 1 N–H and O–H groups in total. The number of amides is 1. The average Bonchev–Trinajstić information content (AvgIpc) is 2.71. The highest BCUT2D eigenvalue weighted by Crippen LogP contribution is 2.33. The van der Waals surface area contributed by atoms with E-state index in [2.05, 4.69) is 42.2 Å². The molecule has 20 heavy (non-hydrogen) atoms. The van der Waals surface area contributed by atoms with Crippen LogP contribution >= 0.6 is 43.2 Å². The summed E-state index contributed by atoms with van der Waals surface area (Å²) in [4.78, 5) is 16.9. The van der Waals surface area contributed by atoms with Crippen molar-refractivity contribution in [1.29, 1.82) is 0 Å². The molecule has 0 aliphatic carbocycles. The van der Waals surface area contributed by atoms with E-state index in [-0.39, 0.29) is 12.0 Å². The Bertz CT molecular complexity index is 609. The molecular weight excluding hydrogens is 408 g/mol. The van der Waals surface area contributed by atoms with Crippen LogP contribution in [0.3, 0.4) is 0 Å². The first kappa shape index (κ1) is 15.5. The summed E-state index contributed by atoms with van der Waals surface area (Å²) in [6, 6.07) is 5.28. The van der Waals surface area contributed by atoms with Crippen LogP contribution in [0.1, 0.15) is 23.5 Å². The van der Waals surface area contributed by atoms with Crippen molar-refractivity contribution in [3.8, 4) is 5.88 Å². The van der Waals surface area contributed by atoms with E-state index in [1.54, 1.807) is 24.4 Å². The molecule has 0 bridgehead atoms. The van der Waals surface area contributed by atoms with Gasteiger partial charge in [-0.15, -0.1) is 11.3 Å². The van der Waals surface area contributed by atoms with Crippen molar-refractivity contribution in [3.63, 3.8) is 0 Å². The van der Waals surface area contributed by atoms with Gasteiger partial charge >= 0.3 is 0 Å². The number of ether oxygens (including phenoxy) is 1. The number of carbonyl (C=O) groups excluding carboxylic acids is 1. The van der Waals surface area contributed by atoms with Crippen molar-refractivity contribution < 1.29 is 9.53 Å². The zero-order chi connectivity index (χ0) is 14.7. The third kappa shape index (κ3) is 3.80. The molecule has 0 spiro atoms. The SMILES string of the molecule is CC(C)Oc1ncccc1NC(=O)c1cc(Br)c(Br)s1. The van der Waals surface area contributed by atoms with Crippen LogP contribution < -0.4 is 10.1 Å². The van der Waals surface area contributed by atoms with Crippen LogP contribution in [0.5, 0.6) is 5.88 Å². The maximum atomic E-state index is 12.2. The summed E-state index contributed by atoms with van der Waals surface area (Å²) < 4.78 is 7.31. The van der Waals surface area contributed by atoms with Crippen molar-refractivity contribution in [2.45, 2.75) is 20.0 Å². The number of nitrogens with one attached hydrogen (secondary N) is 1. The Labute approximate surface area is 137 Å². The second kappa shape index (κ2) is 6.69. The highest BCUT2D eigenvalue weighted by molar-refractivity contribution is 9.13. The third-order valence-electron chi connectivity index (χ3n) is 2.24. The predicted molar refractivity (Wildman–Crippen MR) is 87.7 cm³/mol. The number of rotatable bonds is 4. The average molecular weight is 420 g/mol. The molecule has 106 valence electrons. The minimum atomic E-state index is -0.192. The van der Waals surface area contributed by atoms with Gasteiger partial charge in [-0.2, -0.15) is 0 Å². The fourth-order valence-corrected chi connectivity index (χ4v) is 3.38. The lowest BCUT2D eigenvalue weighted by Gasteiger charge is -2.12. The number of nitrogens with zero attached hydrogens (tertiary/aromatic N) is 1. The van der Waals surface area contributed by atoms with E-state index < -0.39 is 0 Å². The quantitative estimate of drug-likeness (QED) is 0.780. The van der Waals surface area contributed by atoms with E-state index in [4.69, 9.17) is 4.74 Å². The van der Waals surface area contributed by atoms with Gasteiger partial charge in [0.05, 0.1) is 14.8 Å². The smallest absolute Gasteiger partial charge is 0.265 e. The lowest BCUT2D eigenvalue weighted by Crippen LogP contribution is -2.14. The zero-order valence-electron chi connectivity index (χ0n) is 10.8. The standard InChI is InChI=1S/C13H12Br2N2O2S/c1-7(2)19-13-9(4-3-5-16-13)17-12(18)10-6-8(14)11(15)20-10/h3-7H,1-2H3,(H,17,18). The first-order valence-corrected chi connectivity index (χ1v) is 8.25. The number of hydrogen-bond acceptors (Lipinski definition) is 4. The number of hydrogen-bond donors (Lipinski definition) is 1. The summed E-state index contributed by atoms with van der Waals surface area (Å²) in [6.07, 6.45) is 1.62. The number of halogens is 2. The monoisotopic (exact) mass is 418 g/mol. The van der Waals surface area contributed by atoms with Crippen LogP contribution in [-0.2, 0) is 0 Å². The number of thiophene rings is 1. The van der Waals surface area contributed by atoms with Gasteiger partial charge in [0, 0.05) is 10.7 Å². The van der Waals surface area contributed by atoms with Gasteiger partial charge in [-0.1, -0.05) is 0 Å². The highest BCUT2D eigenvalue weighted by Gasteiger charge is 2.15. The molecule has 0 aliphatic heterocycles. The van der Waals surface area contributed by atoms with Gasteiger partial charge in [0.2, 0.25) is 5.88 Å². The van der Waals surface area contributed by atoms with Gasteiger partial charge in [-0.3, -0.25) is 4.79 Å². The van der Waals surface area contributed by atoms with E-state index in [1.807, 2.05) is 13.8 Å². The summed E-state index contributed by atoms with van der Waals surface area (Å²) in [5.74, 6) is 0.230. The summed E-state index contributed by atoms with van der Waals surface area (Å²) in [6.45, 7) is 3.82. The van der Waals surface area contributed by atoms with Crippen molar-refractivity contribution in [1.82, 2.24) is 4.98 Å². The van der Waals surface area contributed by atoms with Crippen LogP contribution in [0.15, 0.2) is 32.7 Å². The third-order valence-corrected chi connectivity index (χ3v) is 5.49. The van der Waals surface area contributed by atoms with Crippen LogP contribution in [0, 0.1) is 0 Å². The summed E-state index contributed by atoms with van der Waals surface area (Å²) in [7, 11) is 0. The molecule has 0 saturated carbocycles. The molecule has 4 nitrogen and oxygen atoms in total. The van der Waals surface area contributed by atoms with E-state index in [1.165, 1.54) is 11.3 Å². The van der Waals surface area contributed by atoms with Crippen LogP contribution in [0.2, 0.25) is 0 Å². The molecule has 0 saturated heterocycles. The molecule has 0 fully saturated rings. The molecule has 2 aromatic rings. The first-order valence-electron chi connectivity index (χ1n) is 5.85. The fraction of sp³-hybridized carbons (Fsp3) is 0.231. The normalized spacial score (nSPS) is 10.7. The predicted octanol–water partition coefficient (Wildman–Crippen LogP) is 4.71.